The molecule has 5 nitrogen and oxygen atoms in total. The number of benzene rings is 7. The first kappa shape index (κ1) is 32.2. The molecule has 0 saturated heterocycles. The third-order valence-electron chi connectivity index (χ3n) is 11.6. The Balaban J connectivity index is 0.919. The van der Waals surface area contributed by atoms with Gasteiger partial charge in [0.15, 0.2) is 6.17 Å². The number of furan rings is 1. The first-order chi connectivity index (χ1) is 28.2. The molecule has 0 radical (unpaired) electrons. The molecule has 12 rings (SSSR count). The number of hydrogen-bond donors (Lipinski definition) is 1. The van der Waals surface area contributed by atoms with Crippen LogP contribution in [0.25, 0.3) is 71.7 Å². The Labute approximate surface area is 331 Å². The van der Waals surface area contributed by atoms with Gasteiger partial charge in [-0.3, -0.25) is 0 Å². The Hall–Kier alpha value is -7.02. The third kappa shape index (κ3) is 5.29. The summed E-state index contributed by atoms with van der Waals surface area (Å²) in [4.78, 5) is 10.2. The minimum Gasteiger partial charge on any atom is -0.456 e. The third-order valence-corrected chi connectivity index (χ3v) is 12.8. The van der Waals surface area contributed by atoms with Crippen molar-refractivity contribution in [3.8, 4) is 5.69 Å². The highest BCUT2D eigenvalue weighted by molar-refractivity contribution is 7.17. The standard InChI is InChI=1S/C51H34N4OS/c1-3-11-31(12-4-1)49-52-50(32-13-5-2-6-14-32)54-51(53-49)35-20-24-45-40(28-35)39-23-19-34(29-46(39)56-45)33-21-25-47-41(27-33)42-30-36(22-26-48(42)57-47)55-43-17-9-7-15-37(43)38-16-8-10-18-44(38)55/h1-20,22-30,33,51H,21H2,(H,52,53,54). The lowest BCUT2D eigenvalue weighted by molar-refractivity contribution is 0.667. The van der Waals surface area contributed by atoms with Gasteiger partial charge in [-0.25, -0.2) is 9.98 Å². The van der Waals surface area contributed by atoms with Crippen LogP contribution in [0.4, 0.5) is 0 Å². The van der Waals surface area contributed by atoms with Crippen LogP contribution in [-0.2, 0) is 0 Å². The molecule has 1 unspecified atom stereocenters. The quantitative estimate of drug-likeness (QED) is 0.190. The van der Waals surface area contributed by atoms with Crippen molar-refractivity contribution in [3.05, 3.63) is 196 Å². The molecule has 0 spiro atoms. The molecule has 1 aliphatic carbocycles. The monoisotopic (exact) mass is 750 g/mol. The molecule has 4 heterocycles. The summed E-state index contributed by atoms with van der Waals surface area (Å²) in [6.45, 7) is 0. The summed E-state index contributed by atoms with van der Waals surface area (Å²) in [6.07, 6.45) is 5.46. The van der Waals surface area contributed by atoms with Crippen molar-refractivity contribution in [1.29, 1.82) is 0 Å². The Bertz CT molecular complexity index is 3320. The largest absolute Gasteiger partial charge is 0.456 e. The molecule has 0 fully saturated rings. The Kier molecular flexibility index (Phi) is 7.22. The Morgan fingerprint density at radius 2 is 1.23 bits per heavy atom. The number of amidine groups is 2. The van der Waals surface area contributed by atoms with E-state index < -0.39 is 6.17 Å². The van der Waals surface area contributed by atoms with E-state index in [0.717, 1.165) is 56.7 Å². The fraction of sp³-hybridized carbons (Fsp3) is 0.0588. The fourth-order valence-electron chi connectivity index (χ4n) is 8.81. The van der Waals surface area contributed by atoms with E-state index in [9.17, 15) is 0 Å². The molecule has 270 valence electrons. The minimum atomic E-state index is -0.400. The number of aromatic nitrogens is 1. The first-order valence-corrected chi connectivity index (χ1v) is 20.3. The van der Waals surface area contributed by atoms with E-state index >= 15 is 0 Å². The second-order valence-electron chi connectivity index (χ2n) is 14.9. The van der Waals surface area contributed by atoms with E-state index in [1.807, 2.05) is 47.7 Å². The lowest BCUT2D eigenvalue weighted by Crippen LogP contribution is -2.35. The number of nitrogens with zero attached hydrogens (tertiary/aromatic N) is 3. The van der Waals surface area contributed by atoms with Crippen LogP contribution in [0.2, 0.25) is 0 Å². The normalized spacial score (nSPS) is 15.7. The van der Waals surface area contributed by atoms with E-state index in [0.29, 0.717) is 0 Å². The second kappa shape index (κ2) is 12.8. The number of aliphatic imine (C=N–C) groups is 2. The number of para-hydroxylation sites is 2. The second-order valence-corrected chi connectivity index (χ2v) is 16.0. The molecule has 57 heavy (non-hydrogen) atoms. The van der Waals surface area contributed by atoms with Gasteiger partial charge in [-0.1, -0.05) is 127 Å². The van der Waals surface area contributed by atoms with Crippen LogP contribution in [0.5, 0.6) is 0 Å². The molecular weight excluding hydrogens is 717 g/mol. The molecule has 7 aromatic carbocycles. The van der Waals surface area contributed by atoms with E-state index in [2.05, 4.69) is 149 Å². The highest BCUT2D eigenvalue weighted by Gasteiger charge is 2.23. The van der Waals surface area contributed by atoms with Crippen molar-refractivity contribution < 1.29 is 4.42 Å². The van der Waals surface area contributed by atoms with Gasteiger partial charge in [0.2, 0.25) is 0 Å². The zero-order valence-electron chi connectivity index (χ0n) is 30.8. The number of thiophene rings is 1. The Morgan fingerprint density at radius 3 is 1.95 bits per heavy atom. The van der Waals surface area contributed by atoms with Crippen molar-refractivity contribution in [2.24, 2.45) is 9.98 Å². The molecule has 10 aromatic rings. The predicted molar refractivity (Wildman–Crippen MR) is 237 cm³/mol. The summed E-state index contributed by atoms with van der Waals surface area (Å²) < 4.78 is 11.6. The maximum absolute atomic E-state index is 6.55. The lowest BCUT2D eigenvalue weighted by Gasteiger charge is -2.22. The van der Waals surface area contributed by atoms with Crippen molar-refractivity contribution in [1.82, 2.24) is 9.88 Å². The van der Waals surface area contributed by atoms with Crippen LogP contribution in [-0.4, -0.2) is 16.2 Å². The molecule has 6 heteroatoms. The zero-order valence-corrected chi connectivity index (χ0v) is 31.6. The molecule has 1 N–H and O–H groups in total. The predicted octanol–water partition coefficient (Wildman–Crippen LogP) is 11.1. The van der Waals surface area contributed by atoms with Crippen LogP contribution < -0.4 is 15.1 Å². The van der Waals surface area contributed by atoms with Crippen LogP contribution >= 0.6 is 11.3 Å². The van der Waals surface area contributed by atoms with Gasteiger partial charge < -0.3 is 14.3 Å². The molecule has 2 aliphatic rings. The number of rotatable bonds is 5. The van der Waals surface area contributed by atoms with Crippen LogP contribution in [0.15, 0.2) is 178 Å². The van der Waals surface area contributed by atoms with Gasteiger partial charge in [0, 0.05) is 58.9 Å². The Morgan fingerprint density at radius 1 is 0.561 bits per heavy atom. The van der Waals surface area contributed by atoms with Crippen molar-refractivity contribution >= 4 is 89.0 Å². The van der Waals surface area contributed by atoms with Crippen molar-refractivity contribution in [2.75, 3.05) is 0 Å². The van der Waals surface area contributed by atoms with Gasteiger partial charge >= 0.3 is 0 Å². The van der Waals surface area contributed by atoms with Gasteiger partial charge in [0.05, 0.1) is 11.0 Å². The van der Waals surface area contributed by atoms with Crippen molar-refractivity contribution in [2.45, 2.75) is 18.5 Å². The number of fused-ring (bicyclic) bond motifs is 9. The highest BCUT2D eigenvalue weighted by Crippen LogP contribution is 2.37. The molecule has 0 bridgehead atoms. The van der Waals surface area contributed by atoms with Gasteiger partial charge in [-0.15, -0.1) is 11.3 Å². The van der Waals surface area contributed by atoms with E-state index in [-0.39, 0.29) is 5.92 Å². The van der Waals surface area contributed by atoms with Crippen LogP contribution in [0.1, 0.15) is 40.8 Å². The van der Waals surface area contributed by atoms with Gasteiger partial charge in [0.1, 0.15) is 22.8 Å². The summed E-state index contributed by atoms with van der Waals surface area (Å²) in [5, 5.41) is 10.9. The number of nitrogens with one attached hydrogen (secondary N) is 1. The van der Waals surface area contributed by atoms with E-state index in [1.165, 1.54) is 52.9 Å². The lowest BCUT2D eigenvalue weighted by atomic mass is 9.91. The molecule has 0 amide bonds. The van der Waals surface area contributed by atoms with Crippen molar-refractivity contribution in [3.63, 3.8) is 0 Å². The topological polar surface area (TPSA) is 54.8 Å². The average Bonchev–Trinajstić information content (AvgIpc) is 3.95. The molecule has 1 aliphatic heterocycles. The summed E-state index contributed by atoms with van der Waals surface area (Å²) in [5.41, 5.74) is 9.73. The maximum atomic E-state index is 6.55. The summed E-state index contributed by atoms with van der Waals surface area (Å²) in [6, 6.07) is 58.0. The molecule has 1 atom stereocenters. The SMILES string of the molecule is C1=c2sc3ccc(-n4c5ccccc5c5ccccc54)cc3c2=CC(c2ccc3c(c2)oc2ccc(C4N=C(c5ccccc5)NC(c5ccccc5)=N4)cc23)C1. The molecule has 3 aromatic heterocycles. The van der Waals surface area contributed by atoms with E-state index in [4.69, 9.17) is 14.4 Å². The zero-order chi connectivity index (χ0) is 37.5. The fourth-order valence-corrected chi connectivity index (χ4v) is 9.93. The van der Waals surface area contributed by atoms with Gasteiger partial charge in [0.25, 0.3) is 0 Å². The van der Waals surface area contributed by atoms with E-state index in [1.54, 1.807) is 0 Å². The molecule has 0 saturated carbocycles. The summed E-state index contributed by atoms with van der Waals surface area (Å²) in [7, 11) is 0. The van der Waals surface area contributed by atoms with Gasteiger partial charge in [-0.2, -0.15) is 0 Å². The smallest absolute Gasteiger partial charge is 0.169 e. The minimum absolute atomic E-state index is 0.242. The summed E-state index contributed by atoms with van der Waals surface area (Å²) >= 11 is 1.89. The number of hydrogen-bond acceptors (Lipinski definition) is 5. The highest BCUT2D eigenvalue weighted by atomic mass is 32.1. The first-order valence-electron chi connectivity index (χ1n) is 19.4. The van der Waals surface area contributed by atoms with Gasteiger partial charge in [-0.05, 0) is 71.3 Å². The average molecular weight is 751 g/mol. The van der Waals surface area contributed by atoms with Crippen LogP contribution in [0, 0.1) is 0 Å². The van der Waals surface area contributed by atoms with Crippen LogP contribution in [0.3, 0.4) is 0 Å². The molecular formula is C51H34N4OS. The summed E-state index contributed by atoms with van der Waals surface area (Å²) in [5.74, 6) is 1.86. The maximum Gasteiger partial charge on any atom is 0.169 e.